The summed E-state index contributed by atoms with van der Waals surface area (Å²) in [5, 5.41) is 0. The van der Waals surface area contributed by atoms with Crippen LogP contribution in [0.4, 0.5) is 0 Å². The normalized spacial score (nSPS) is 16.9. The summed E-state index contributed by atoms with van der Waals surface area (Å²) < 4.78 is 0. The van der Waals surface area contributed by atoms with Gasteiger partial charge < -0.3 is 9.80 Å². The minimum atomic E-state index is 0.0338. The lowest BCUT2D eigenvalue weighted by Gasteiger charge is -2.26. The summed E-state index contributed by atoms with van der Waals surface area (Å²) in [6.45, 7) is 9.15. The maximum absolute atomic E-state index is 11.2. The van der Waals surface area contributed by atoms with E-state index in [9.17, 15) is 4.79 Å². The molecule has 1 aliphatic heterocycles. The lowest BCUT2D eigenvalue weighted by molar-refractivity contribution is -0.120. The average molecular weight is 367 g/mol. The zero-order chi connectivity index (χ0) is 20.1. The van der Waals surface area contributed by atoms with Crippen molar-refractivity contribution in [3.8, 4) is 0 Å². The van der Waals surface area contributed by atoms with Gasteiger partial charge in [-0.2, -0.15) is 0 Å². The molecule has 0 bridgehead atoms. The van der Waals surface area contributed by atoms with Crippen molar-refractivity contribution < 1.29 is 4.79 Å². The van der Waals surface area contributed by atoms with E-state index < -0.39 is 0 Å². The first kappa shape index (κ1) is 22.5. The third-order valence-electron chi connectivity index (χ3n) is 4.09. The van der Waals surface area contributed by atoms with Gasteiger partial charge in [0, 0.05) is 12.7 Å². The predicted molar refractivity (Wildman–Crippen MR) is 115 cm³/mol. The van der Waals surface area contributed by atoms with Gasteiger partial charge in [-0.1, -0.05) is 99.5 Å². The molecule has 1 amide bonds. The molecule has 1 unspecified atom stereocenters. The van der Waals surface area contributed by atoms with Crippen LogP contribution in [-0.4, -0.2) is 29.8 Å². The van der Waals surface area contributed by atoms with Gasteiger partial charge in [0.1, 0.15) is 6.17 Å². The SMILES string of the molecule is CC/C=C1\CN(C=O)C(c2ccccc2)N1C.CCC.Cc1ccccc1. The van der Waals surface area contributed by atoms with Crippen molar-refractivity contribution in [3.05, 3.63) is 83.6 Å². The summed E-state index contributed by atoms with van der Waals surface area (Å²) in [6, 6.07) is 20.4. The second-order valence-corrected chi connectivity index (χ2v) is 6.64. The number of nitrogens with zero attached hydrogens (tertiary/aromatic N) is 2. The molecule has 2 aromatic carbocycles. The van der Waals surface area contributed by atoms with E-state index in [0.717, 1.165) is 18.4 Å². The highest BCUT2D eigenvalue weighted by molar-refractivity contribution is 5.51. The fourth-order valence-corrected chi connectivity index (χ4v) is 2.88. The molecule has 0 spiro atoms. The van der Waals surface area contributed by atoms with E-state index in [0.29, 0.717) is 6.54 Å². The van der Waals surface area contributed by atoms with Gasteiger partial charge in [0.2, 0.25) is 6.41 Å². The van der Waals surface area contributed by atoms with Gasteiger partial charge in [-0.3, -0.25) is 4.79 Å². The number of carbonyl (C=O) groups is 1. The average Bonchev–Trinajstić information content (AvgIpc) is 3.00. The molecule has 0 saturated carbocycles. The summed E-state index contributed by atoms with van der Waals surface area (Å²) in [5.74, 6) is 0. The first-order valence-electron chi connectivity index (χ1n) is 9.78. The summed E-state index contributed by atoms with van der Waals surface area (Å²) in [4.78, 5) is 15.2. The molecule has 3 rings (SSSR count). The molecule has 3 nitrogen and oxygen atoms in total. The maximum Gasteiger partial charge on any atom is 0.211 e. The maximum atomic E-state index is 11.2. The van der Waals surface area contributed by atoms with Crippen LogP contribution in [0.1, 0.15) is 50.9 Å². The quantitative estimate of drug-likeness (QED) is 0.642. The van der Waals surface area contributed by atoms with Crippen molar-refractivity contribution in [3.63, 3.8) is 0 Å². The molecule has 1 heterocycles. The highest BCUT2D eigenvalue weighted by atomic mass is 16.1. The van der Waals surface area contributed by atoms with E-state index in [1.165, 1.54) is 17.7 Å². The summed E-state index contributed by atoms with van der Waals surface area (Å²) >= 11 is 0. The van der Waals surface area contributed by atoms with Crippen molar-refractivity contribution in [2.24, 2.45) is 0 Å². The molecular formula is C24H34N2O. The van der Waals surface area contributed by atoms with E-state index in [-0.39, 0.29) is 6.17 Å². The number of likely N-dealkylation sites (N-methyl/N-ethyl adjacent to an activating group) is 1. The van der Waals surface area contributed by atoms with Crippen LogP contribution in [0.3, 0.4) is 0 Å². The van der Waals surface area contributed by atoms with Crippen molar-refractivity contribution in [1.82, 2.24) is 9.80 Å². The van der Waals surface area contributed by atoms with Gasteiger partial charge in [0.15, 0.2) is 0 Å². The Bertz CT molecular complexity index is 667. The third-order valence-corrected chi connectivity index (χ3v) is 4.09. The molecule has 146 valence electrons. The zero-order valence-corrected chi connectivity index (χ0v) is 17.4. The Morgan fingerprint density at radius 2 is 1.48 bits per heavy atom. The van der Waals surface area contributed by atoms with Gasteiger partial charge in [-0.05, 0) is 18.9 Å². The molecular weight excluding hydrogens is 332 g/mol. The molecule has 0 N–H and O–H groups in total. The summed E-state index contributed by atoms with van der Waals surface area (Å²) in [7, 11) is 2.04. The van der Waals surface area contributed by atoms with E-state index in [2.05, 4.69) is 62.9 Å². The zero-order valence-electron chi connectivity index (χ0n) is 17.4. The number of amides is 1. The van der Waals surface area contributed by atoms with Gasteiger partial charge in [0.25, 0.3) is 0 Å². The topological polar surface area (TPSA) is 23.6 Å². The van der Waals surface area contributed by atoms with E-state index >= 15 is 0 Å². The standard InChI is InChI=1S/C14H18N2O.C7H8.C3H8/c1-3-7-13-10-16(11-17)14(15(13)2)12-8-5-4-6-9-12;1-7-5-3-2-4-6-7;1-3-2/h4-9,11,14H,3,10H2,1-2H3;2-6H,1H3;3H2,1-2H3/b13-7+;;. The molecule has 0 radical (unpaired) electrons. The molecule has 1 fully saturated rings. The number of allylic oxidation sites excluding steroid dienone is 1. The Hall–Kier alpha value is -2.55. The molecule has 27 heavy (non-hydrogen) atoms. The second kappa shape index (κ2) is 12.7. The van der Waals surface area contributed by atoms with Crippen LogP contribution in [-0.2, 0) is 4.79 Å². The van der Waals surface area contributed by atoms with Crippen LogP contribution in [0.2, 0.25) is 0 Å². The molecule has 1 saturated heterocycles. The number of hydrogen-bond donors (Lipinski definition) is 0. The molecule has 3 heteroatoms. The smallest absolute Gasteiger partial charge is 0.211 e. The van der Waals surface area contributed by atoms with Crippen molar-refractivity contribution >= 4 is 6.41 Å². The molecule has 0 aliphatic carbocycles. The number of rotatable bonds is 3. The number of aryl methyl sites for hydroxylation is 1. The van der Waals surface area contributed by atoms with E-state index in [1.54, 1.807) is 0 Å². The largest absolute Gasteiger partial charge is 0.353 e. The van der Waals surface area contributed by atoms with Crippen molar-refractivity contribution in [2.75, 3.05) is 13.6 Å². The molecule has 0 aromatic heterocycles. The minimum absolute atomic E-state index is 0.0338. The van der Waals surface area contributed by atoms with Crippen LogP contribution in [0.5, 0.6) is 0 Å². The summed E-state index contributed by atoms with van der Waals surface area (Å²) in [6.07, 6.45) is 5.39. The number of carbonyl (C=O) groups excluding carboxylic acids is 1. The Morgan fingerprint density at radius 1 is 0.963 bits per heavy atom. The molecule has 2 aromatic rings. The van der Waals surface area contributed by atoms with Gasteiger partial charge in [0.05, 0.1) is 6.54 Å². The number of benzene rings is 2. The fourth-order valence-electron chi connectivity index (χ4n) is 2.88. The van der Waals surface area contributed by atoms with Gasteiger partial charge >= 0.3 is 0 Å². The lowest BCUT2D eigenvalue weighted by atomic mass is 10.1. The van der Waals surface area contributed by atoms with E-state index in [1.807, 2.05) is 48.3 Å². The Balaban J connectivity index is 0.000000301. The van der Waals surface area contributed by atoms with Gasteiger partial charge in [-0.15, -0.1) is 0 Å². The van der Waals surface area contributed by atoms with Gasteiger partial charge in [-0.25, -0.2) is 0 Å². The van der Waals surface area contributed by atoms with E-state index in [4.69, 9.17) is 0 Å². The molecule has 1 aliphatic rings. The lowest BCUT2D eigenvalue weighted by Crippen LogP contribution is -2.27. The van der Waals surface area contributed by atoms with Crippen LogP contribution in [0, 0.1) is 6.92 Å². The Kier molecular flexibility index (Phi) is 10.6. The van der Waals surface area contributed by atoms with Crippen LogP contribution in [0.25, 0.3) is 0 Å². The third kappa shape index (κ3) is 7.30. The molecule has 1 atom stereocenters. The van der Waals surface area contributed by atoms with Crippen molar-refractivity contribution in [1.29, 1.82) is 0 Å². The van der Waals surface area contributed by atoms with Crippen LogP contribution < -0.4 is 0 Å². The monoisotopic (exact) mass is 366 g/mol. The Labute approximate surface area is 165 Å². The minimum Gasteiger partial charge on any atom is -0.353 e. The fraction of sp³-hybridized carbons (Fsp3) is 0.375. The van der Waals surface area contributed by atoms with Crippen LogP contribution >= 0.6 is 0 Å². The predicted octanol–water partition coefficient (Wildman–Crippen LogP) is 5.79. The summed E-state index contributed by atoms with van der Waals surface area (Å²) in [5.41, 5.74) is 3.69. The Morgan fingerprint density at radius 3 is 1.89 bits per heavy atom. The highest BCUT2D eigenvalue weighted by Crippen LogP contribution is 2.32. The van der Waals surface area contributed by atoms with Crippen molar-refractivity contribution in [2.45, 2.75) is 46.7 Å². The van der Waals surface area contributed by atoms with Crippen LogP contribution in [0.15, 0.2) is 72.4 Å². The number of hydrogen-bond acceptors (Lipinski definition) is 2. The second-order valence-electron chi connectivity index (χ2n) is 6.64. The highest BCUT2D eigenvalue weighted by Gasteiger charge is 2.32. The first-order valence-corrected chi connectivity index (χ1v) is 9.78. The first-order chi connectivity index (χ1) is 13.1.